The third kappa shape index (κ3) is 6.71. The number of nitrogens with zero attached hydrogens (tertiary/aromatic N) is 2. The van der Waals surface area contributed by atoms with Gasteiger partial charge in [-0.25, -0.2) is 0 Å². The molecule has 7 nitrogen and oxygen atoms in total. The fourth-order valence-electron chi connectivity index (χ4n) is 3.95. The first kappa shape index (κ1) is 24.1. The van der Waals surface area contributed by atoms with Gasteiger partial charge in [-0.05, 0) is 16.7 Å². The van der Waals surface area contributed by atoms with Crippen molar-refractivity contribution in [2.75, 3.05) is 7.11 Å². The number of aliphatic hydroxyl groups is 1. The first-order chi connectivity index (χ1) is 16.0. The number of nitro groups is 1. The Hall–Kier alpha value is -3.55. The molecule has 7 heteroatoms. The van der Waals surface area contributed by atoms with E-state index in [0.717, 1.165) is 16.7 Å². The molecule has 172 valence electrons. The predicted molar refractivity (Wildman–Crippen MR) is 125 cm³/mol. The van der Waals surface area contributed by atoms with Crippen molar-refractivity contribution in [2.45, 2.75) is 37.7 Å². The maximum Gasteiger partial charge on any atom is 0.312 e. The molecule has 0 aromatic heterocycles. The molecule has 0 aliphatic rings. The van der Waals surface area contributed by atoms with Crippen LogP contribution in [0.3, 0.4) is 0 Å². The minimum Gasteiger partial charge on any atom is -0.469 e. The van der Waals surface area contributed by atoms with E-state index in [0.29, 0.717) is 13.1 Å². The molecule has 3 aromatic rings. The Bertz CT molecular complexity index is 973. The molecule has 0 amide bonds. The lowest BCUT2D eigenvalue weighted by Gasteiger charge is -2.36. The summed E-state index contributed by atoms with van der Waals surface area (Å²) in [5.74, 6) is -0.736. The molecule has 3 atom stereocenters. The third-order valence-corrected chi connectivity index (χ3v) is 5.58. The Kier molecular flexibility index (Phi) is 8.69. The van der Waals surface area contributed by atoms with E-state index in [1.807, 2.05) is 95.9 Å². The van der Waals surface area contributed by atoms with E-state index in [4.69, 9.17) is 0 Å². The zero-order valence-electron chi connectivity index (χ0n) is 18.5. The molecule has 0 radical (unpaired) electrons. The molecule has 0 spiro atoms. The fraction of sp³-hybridized carbons (Fsp3) is 0.269. The summed E-state index contributed by atoms with van der Waals surface area (Å²) in [6, 6.07) is 26.4. The quantitative estimate of drug-likeness (QED) is 0.271. The van der Waals surface area contributed by atoms with Gasteiger partial charge in [-0.15, -0.1) is 0 Å². The number of benzene rings is 3. The zero-order chi connectivity index (χ0) is 23.6. The Balaban J connectivity index is 2.04. The minimum absolute atomic E-state index is 0.453. The number of carbonyl (C=O) groups excluding carboxylic acids is 1. The van der Waals surface area contributed by atoms with Crippen LogP contribution in [0.2, 0.25) is 0 Å². The molecular weight excluding hydrogens is 420 g/mol. The van der Waals surface area contributed by atoms with E-state index in [-0.39, 0.29) is 0 Å². The standard InChI is InChI=1S/C26H28N2O5/c1-33-24(29)17-23(28(31)32)26(30)25(22-15-9-4-10-16-22)27(18-20-11-5-2-6-12-20)19-21-13-7-3-8-14-21/h2-16,23,25-26,30H,17-19H2,1H3/t23-,25+,26-/m0/s1. The highest BCUT2D eigenvalue weighted by atomic mass is 16.6. The van der Waals surface area contributed by atoms with Crippen LogP contribution >= 0.6 is 0 Å². The summed E-state index contributed by atoms with van der Waals surface area (Å²) in [4.78, 5) is 25.2. The molecule has 0 bridgehead atoms. The van der Waals surface area contributed by atoms with Crippen LogP contribution in [0.15, 0.2) is 91.0 Å². The molecule has 0 aliphatic heterocycles. The average molecular weight is 449 g/mol. The first-order valence-corrected chi connectivity index (χ1v) is 10.7. The monoisotopic (exact) mass is 448 g/mol. The van der Waals surface area contributed by atoms with E-state index in [9.17, 15) is 20.0 Å². The van der Waals surface area contributed by atoms with Crippen LogP contribution in [-0.4, -0.2) is 40.2 Å². The smallest absolute Gasteiger partial charge is 0.312 e. The van der Waals surface area contributed by atoms with Gasteiger partial charge < -0.3 is 9.84 Å². The SMILES string of the molecule is COC(=O)C[C@@H]([C@H](O)[C@@H](c1ccccc1)N(Cc1ccccc1)Cc1ccccc1)[N+](=O)[O-]. The second-order valence-corrected chi connectivity index (χ2v) is 7.86. The Morgan fingerprint density at radius 3 is 1.79 bits per heavy atom. The van der Waals surface area contributed by atoms with Gasteiger partial charge in [0.25, 0.3) is 6.04 Å². The Morgan fingerprint density at radius 1 is 0.909 bits per heavy atom. The van der Waals surface area contributed by atoms with Crippen LogP contribution < -0.4 is 0 Å². The molecule has 3 aromatic carbocycles. The summed E-state index contributed by atoms with van der Waals surface area (Å²) >= 11 is 0. The van der Waals surface area contributed by atoms with E-state index in [1.165, 1.54) is 7.11 Å². The molecule has 0 fully saturated rings. The van der Waals surface area contributed by atoms with Crippen molar-refractivity contribution in [1.29, 1.82) is 0 Å². The molecule has 0 saturated heterocycles. The van der Waals surface area contributed by atoms with Crippen LogP contribution in [0.1, 0.15) is 29.2 Å². The van der Waals surface area contributed by atoms with Crippen molar-refractivity contribution < 1.29 is 19.6 Å². The van der Waals surface area contributed by atoms with Gasteiger partial charge >= 0.3 is 5.97 Å². The van der Waals surface area contributed by atoms with Gasteiger partial charge in [-0.1, -0.05) is 91.0 Å². The number of rotatable bonds is 11. The number of carbonyl (C=O) groups is 1. The molecule has 0 aliphatic carbocycles. The summed E-state index contributed by atoms with van der Waals surface area (Å²) in [6.07, 6.45) is -1.97. The Morgan fingerprint density at radius 2 is 1.36 bits per heavy atom. The molecule has 0 saturated carbocycles. The summed E-state index contributed by atoms with van der Waals surface area (Å²) in [6.45, 7) is 0.907. The van der Waals surface area contributed by atoms with Gasteiger partial charge in [0.15, 0.2) is 0 Å². The molecular formula is C26H28N2O5. The highest BCUT2D eigenvalue weighted by Crippen LogP contribution is 2.31. The molecule has 0 heterocycles. The lowest BCUT2D eigenvalue weighted by atomic mass is 9.92. The van der Waals surface area contributed by atoms with Crippen molar-refractivity contribution in [1.82, 2.24) is 4.90 Å². The van der Waals surface area contributed by atoms with E-state index in [1.54, 1.807) is 0 Å². The molecule has 0 unspecified atom stereocenters. The van der Waals surface area contributed by atoms with Crippen LogP contribution in [0.25, 0.3) is 0 Å². The second kappa shape index (κ2) is 11.9. The van der Waals surface area contributed by atoms with Crippen LogP contribution in [0.4, 0.5) is 0 Å². The maximum atomic E-state index is 11.9. The highest BCUT2D eigenvalue weighted by Gasteiger charge is 2.41. The van der Waals surface area contributed by atoms with Crippen molar-refractivity contribution in [3.8, 4) is 0 Å². The Labute approximate surface area is 193 Å². The average Bonchev–Trinajstić information content (AvgIpc) is 2.84. The van der Waals surface area contributed by atoms with E-state index < -0.39 is 35.5 Å². The normalized spacial score (nSPS) is 13.8. The molecule has 33 heavy (non-hydrogen) atoms. The van der Waals surface area contributed by atoms with Crippen molar-refractivity contribution >= 4 is 5.97 Å². The minimum atomic E-state index is -1.52. The van der Waals surface area contributed by atoms with Crippen molar-refractivity contribution in [2.24, 2.45) is 0 Å². The predicted octanol–water partition coefficient (Wildman–Crippen LogP) is 4.00. The van der Waals surface area contributed by atoms with Crippen LogP contribution in [0, 0.1) is 10.1 Å². The van der Waals surface area contributed by atoms with Crippen molar-refractivity contribution in [3.63, 3.8) is 0 Å². The lowest BCUT2D eigenvalue weighted by Crippen LogP contribution is -2.46. The first-order valence-electron chi connectivity index (χ1n) is 10.7. The van der Waals surface area contributed by atoms with E-state index >= 15 is 0 Å². The third-order valence-electron chi connectivity index (χ3n) is 5.58. The van der Waals surface area contributed by atoms with Gasteiger partial charge in [-0.3, -0.25) is 19.8 Å². The van der Waals surface area contributed by atoms with Gasteiger partial charge in [0.05, 0.1) is 13.2 Å². The fourth-order valence-corrected chi connectivity index (χ4v) is 3.95. The van der Waals surface area contributed by atoms with Gasteiger partial charge in [-0.2, -0.15) is 0 Å². The summed E-state index contributed by atoms with van der Waals surface area (Å²) in [5.41, 5.74) is 2.74. The summed E-state index contributed by atoms with van der Waals surface area (Å²) < 4.78 is 4.65. The number of ether oxygens (including phenoxy) is 1. The number of methoxy groups -OCH3 is 1. The number of hydrogen-bond donors (Lipinski definition) is 1. The topological polar surface area (TPSA) is 92.9 Å². The van der Waals surface area contributed by atoms with Gasteiger partial charge in [0, 0.05) is 18.0 Å². The number of aliphatic hydroxyl groups excluding tert-OH is 1. The molecule has 3 rings (SSSR count). The second-order valence-electron chi connectivity index (χ2n) is 7.86. The highest BCUT2D eigenvalue weighted by molar-refractivity contribution is 5.69. The van der Waals surface area contributed by atoms with Crippen molar-refractivity contribution in [3.05, 3.63) is 118 Å². The molecule has 1 N–H and O–H groups in total. The zero-order valence-corrected chi connectivity index (χ0v) is 18.5. The maximum absolute atomic E-state index is 11.9. The number of hydrogen-bond acceptors (Lipinski definition) is 6. The lowest BCUT2D eigenvalue weighted by molar-refractivity contribution is -0.535. The van der Waals surface area contributed by atoms with Gasteiger partial charge in [0.1, 0.15) is 12.5 Å². The summed E-state index contributed by atoms with van der Waals surface area (Å²) in [7, 11) is 1.18. The summed E-state index contributed by atoms with van der Waals surface area (Å²) in [5, 5.41) is 23.3. The largest absolute Gasteiger partial charge is 0.469 e. The number of esters is 1. The van der Waals surface area contributed by atoms with Gasteiger partial charge in [0.2, 0.25) is 0 Å². The van der Waals surface area contributed by atoms with E-state index in [2.05, 4.69) is 4.74 Å². The van der Waals surface area contributed by atoms with Crippen LogP contribution in [-0.2, 0) is 22.6 Å². The van der Waals surface area contributed by atoms with Crippen LogP contribution in [0.5, 0.6) is 0 Å².